The van der Waals surface area contributed by atoms with Crippen molar-refractivity contribution in [3.8, 4) is 0 Å². The highest BCUT2D eigenvalue weighted by Gasteiger charge is 1.98. The summed E-state index contributed by atoms with van der Waals surface area (Å²) < 4.78 is 0. The minimum Gasteiger partial charge on any atom is -0.256 e. The maximum atomic E-state index is 4.46. The molecule has 81 valence electrons. The lowest BCUT2D eigenvalue weighted by Gasteiger charge is -2.03. The summed E-state index contributed by atoms with van der Waals surface area (Å²) in [5, 5.41) is 1.15. The highest BCUT2D eigenvalue weighted by Crippen LogP contribution is 2.15. The zero-order valence-corrected chi connectivity index (χ0v) is 9.43. The van der Waals surface area contributed by atoms with Crippen LogP contribution in [0.1, 0.15) is 11.1 Å². The second-order valence-corrected chi connectivity index (χ2v) is 4.12. The van der Waals surface area contributed by atoms with E-state index in [9.17, 15) is 0 Å². The first-order valence-electron chi connectivity index (χ1n) is 5.70. The average Bonchev–Trinajstić information content (AvgIpc) is 2.40. The van der Waals surface area contributed by atoms with Crippen LogP contribution < -0.4 is 0 Å². The van der Waals surface area contributed by atoms with E-state index in [1.807, 2.05) is 30.5 Å². The quantitative estimate of drug-likeness (QED) is 0.640. The van der Waals surface area contributed by atoms with E-state index in [0.717, 1.165) is 17.3 Å². The van der Waals surface area contributed by atoms with E-state index < -0.39 is 0 Å². The molecular weight excluding hydrogens is 206 g/mol. The molecule has 0 saturated carbocycles. The van der Waals surface area contributed by atoms with Crippen molar-refractivity contribution in [1.82, 2.24) is 4.98 Å². The van der Waals surface area contributed by atoms with Crippen molar-refractivity contribution in [3.63, 3.8) is 0 Å². The molecule has 1 radical (unpaired) electrons. The van der Waals surface area contributed by atoms with Crippen molar-refractivity contribution in [2.45, 2.75) is 6.42 Å². The van der Waals surface area contributed by atoms with Gasteiger partial charge in [0.05, 0.1) is 5.52 Å². The van der Waals surface area contributed by atoms with Crippen molar-refractivity contribution in [2.24, 2.45) is 0 Å². The van der Waals surface area contributed by atoms with E-state index in [1.54, 1.807) is 0 Å². The number of hydrogen-bond acceptors (Lipinski definition) is 1. The molecule has 0 bridgehead atoms. The van der Waals surface area contributed by atoms with Gasteiger partial charge in [-0.05, 0) is 41.8 Å². The third-order valence-electron chi connectivity index (χ3n) is 2.83. The predicted octanol–water partition coefficient (Wildman–Crippen LogP) is 3.63. The van der Waals surface area contributed by atoms with Gasteiger partial charge in [0.25, 0.3) is 0 Å². The standard InChI is InChI=1S/C16H12N/c1-2-6-13(7-3-1)10-14-11-15-8-4-5-9-16(15)17-12-14/h1-3,5-9,11-12H,10H2. The second kappa shape index (κ2) is 4.38. The Kier molecular flexibility index (Phi) is 2.59. The van der Waals surface area contributed by atoms with Gasteiger partial charge in [0.1, 0.15) is 0 Å². The second-order valence-electron chi connectivity index (χ2n) is 4.12. The van der Waals surface area contributed by atoms with Gasteiger partial charge < -0.3 is 0 Å². The van der Waals surface area contributed by atoms with E-state index in [1.165, 1.54) is 11.1 Å². The summed E-state index contributed by atoms with van der Waals surface area (Å²) >= 11 is 0. The van der Waals surface area contributed by atoms with E-state index in [0.29, 0.717) is 0 Å². The van der Waals surface area contributed by atoms with Crippen molar-refractivity contribution in [3.05, 3.63) is 78.0 Å². The van der Waals surface area contributed by atoms with Crippen LogP contribution in [0.2, 0.25) is 0 Å². The summed E-state index contributed by atoms with van der Waals surface area (Å²) in [4.78, 5) is 4.46. The summed E-state index contributed by atoms with van der Waals surface area (Å²) in [5.41, 5.74) is 3.58. The van der Waals surface area contributed by atoms with E-state index in [4.69, 9.17) is 0 Å². The summed E-state index contributed by atoms with van der Waals surface area (Å²) in [6.45, 7) is 0. The zero-order chi connectivity index (χ0) is 11.5. The molecule has 1 heteroatoms. The van der Waals surface area contributed by atoms with Crippen LogP contribution in [0.3, 0.4) is 0 Å². The minimum atomic E-state index is 0.929. The molecule has 3 aromatic rings. The highest BCUT2D eigenvalue weighted by molar-refractivity contribution is 5.78. The molecule has 1 aromatic heterocycles. The first-order chi connectivity index (χ1) is 8.42. The van der Waals surface area contributed by atoms with Crippen LogP contribution in [0.5, 0.6) is 0 Å². The molecule has 0 spiro atoms. The molecule has 3 rings (SSSR count). The van der Waals surface area contributed by atoms with Crippen LogP contribution in [0, 0.1) is 6.07 Å². The molecular formula is C16H12N. The van der Waals surface area contributed by atoms with Gasteiger partial charge in [-0.25, -0.2) is 0 Å². The summed E-state index contributed by atoms with van der Waals surface area (Å²) in [6, 6.07) is 21.6. The zero-order valence-electron chi connectivity index (χ0n) is 9.43. The Hall–Kier alpha value is -2.15. The Morgan fingerprint density at radius 1 is 1.00 bits per heavy atom. The van der Waals surface area contributed by atoms with E-state index in [-0.39, 0.29) is 0 Å². The van der Waals surface area contributed by atoms with Crippen LogP contribution in [0.15, 0.2) is 60.8 Å². The molecule has 0 aliphatic heterocycles. The molecule has 0 unspecified atom stereocenters. The predicted molar refractivity (Wildman–Crippen MR) is 69.8 cm³/mol. The molecule has 1 heterocycles. The van der Waals surface area contributed by atoms with Gasteiger partial charge in [-0.1, -0.05) is 36.4 Å². The van der Waals surface area contributed by atoms with Crippen molar-refractivity contribution < 1.29 is 0 Å². The van der Waals surface area contributed by atoms with Crippen molar-refractivity contribution in [1.29, 1.82) is 0 Å². The lowest BCUT2D eigenvalue weighted by Crippen LogP contribution is -1.89. The number of aromatic nitrogens is 1. The average molecular weight is 218 g/mol. The number of hydrogen-bond donors (Lipinski definition) is 0. The monoisotopic (exact) mass is 218 g/mol. The maximum Gasteiger partial charge on any atom is 0.0702 e. The molecule has 0 atom stereocenters. The Balaban J connectivity index is 1.96. The van der Waals surface area contributed by atoms with Crippen molar-refractivity contribution in [2.75, 3.05) is 0 Å². The SMILES string of the molecule is [c]1ccc2ncc(Cc3ccccc3)cc2c1. The molecule has 2 aromatic carbocycles. The Morgan fingerprint density at radius 3 is 2.76 bits per heavy atom. The topological polar surface area (TPSA) is 12.9 Å². The molecule has 0 fully saturated rings. The van der Waals surface area contributed by atoms with Crippen LogP contribution >= 0.6 is 0 Å². The first-order valence-corrected chi connectivity index (χ1v) is 5.70. The fraction of sp³-hybridized carbons (Fsp3) is 0.0625. The fourth-order valence-corrected chi connectivity index (χ4v) is 1.99. The minimum absolute atomic E-state index is 0.929. The maximum absolute atomic E-state index is 4.46. The van der Waals surface area contributed by atoms with Gasteiger partial charge >= 0.3 is 0 Å². The number of fused-ring (bicyclic) bond motifs is 1. The molecule has 0 amide bonds. The Labute approximate surface area is 101 Å². The van der Waals surface area contributed by atoms with Gasteiger partial charge in [-0.2, -0.15) is 0 Å². The number of nitrogens with zero attached hydrogens (tertiary/aromatic N) is 1. The van der Waals surface area contributed by atoms with Crippen LogP contribution in [-0.4, -0.2) is 4.98 Å². The van der Waals surface area contributed by atoms with Gasteiger partial charge in [0.15, 0.2) is 0 Å². The van der Waals surface area contributed by atoms with Crippen LogP contribution in [0.4, 0.5) is 0 Å². The van der Waals surface area contributed by atoms with E-state index in [2.05, 4.69) is 41.4 Å². The summed E-state index contributed by atoms with van der Waals surface area (Å²) in [7, 11) is 0. The normalized spacial score (nSPS) is 10.6. The molecule has 0 N–H and O–H groups in total. The summed E-state index contributed by atoms with van der Waals surface area (Å²) in [5.74, 6) is 0. The highest BCUT2D eigenvalue weighted by atomic mass is 14.6. The van der Waals surface area contributed by atoms with Crippen LogP contribution in [0.25, 0.3) is 10.9 Å². The number of pyridine rings is 1. The number of rotatable bonds is 2. The molecule has 0 aliphatic rings. The molecule has 0 aliphatic carbocycles. The van der Waals surface area contributed by atoms with Crippen LogP contribution in [-0.2, 0) is 6.42 Å². The Morgan fingerprint density at radius 2 is 1.88 bits per heavy atom. The number of benzene rings is 2. The summed E-state index contributed by atoms with van der Waals surface area (Å²) in [6.07, 6.45) is 2.88. The molecule has 17 heavy (non-hydrogen) atoms. The van der Waals surface area contributed by atoms with Crippen molar-refractivity contribution >= 4 is 10.9 Å². The Bertz CT molecular complexity index is 629. The van der Waals surface area contributed by atoms with E-state index >= 15 is 0 Å². The first kappa shape index (κ1) is 10.0. The largest absolute Gasteiger partial charge is 0.256 e. The fourth-order valence-electron chi connectivity index (χ4n) is 1.99. The molecule has 1 nitrogen and oxygen atoms in total. The van der Waals surface area contributed by atoms with Gasteiger partial charge in [-0.15, -0.1) is 0 Å². The molecule has 0 saturated heterocycles. The smallest absolute Gasteiger partial charge is 0.0702 e. The van der Waals surface area contributed by atoms with Gasteiger partial charge in [0.2, 0.25) is 0 Å². The third kappa shape index (κ3) is 2.18. The van der Waals surface area contributed by atoms with Gasteiger partial charge in [0, 0.05) is 11.6 Å². The third-order valence-corrected chi connectivity index (χ3v) is 2.83. The lowest BCUT2D eigenvalue weighted by atomic mass is 10.1. The lowest BCUT2D eigenvalue weighted by molar-refractivity contribution is 1.17. The van der Waals surface area contributed by atoms with Gasteiger partial charge in [-0.3, -0.25) is 4.98 Å².